The molecule has 2 fully saturated rings. The fourth-order valence-electron chi connectivity index (χ4n) is 4.84. The molecule has 1 saturated carbocycles. The summed E-state index contributed by atoms with van der Waals surface area (Å²) in [5.41, 5.74) is 3.64. The first kappa shape index (κ1) is 24.1. The van der Waals surface area contributed by atoms with Crippen molar-refractivity contribution in [3.05, 3.63) is 48.3 Å². The van der Waals surface area contributed by atoms with Crippen molar-refractivity contribution in [1.29, 1.82) is 0 Å². The van der Waals surface area contributed by atoms with Gasteiger partial charge in [-0.3, -0.25) is 19.9 Å². The van der Waals surface area contributed by atoms with Gasteiger partial charge in [-0.1, -0.05) is 12.1 Å². The topological polar surface area (TPSA) is 129 Å². The van der Waals surface area contributed by atoms with Crippen LogP contribution in [0.1, 0.15) is 58.3 Å². The van der Waals surface area contributed by atoms with Crippen LogP contribution in [0.5, 0.6) is 0 Å². The largest absolute Gasteiger partial charge is 0.444 e. The number of aromatic amines is 2. The summed E-state index contributed by atoms with van der Waals surface area (Å²) in [4.78, 5) is 31.4. The second kappa shape index (κ2) is 9.27. The standard InChI is InChI=1S/C28H31N7O3/c1-28(2,3)38-27(37)35-13-5-8-22(35)25-30-24(33-34-25)18-11-12-21-20(15-18)23(32-31-21)17-6-4-7-19(14-17)29-26(36)16-9-10-16/h4,6-7,11-12,14-16,22H,5,8-10,13H2,1-3H3,(H,29,36)(H,31,32)(H,30,33,34). The van der Waals surface area contributed by atoms with Gasteiger partial charge in [0.1, 0.15) is 5.60 Å². The van der Waals surface area contributed by atoms with E-state index in [0.29, 0.717) is 18.2 Å². The molecular formula is C28H31N7O3. The fourth-order valence-corrected chi connectivity index (χ4v) is 4.84. The molecule has 1 atom stereocenters. The van der Waals surface area contributed by atoms with Gasteiger partial charge in [0.25, 0.3) is 0 Å². The Morgan fingerprint density at radius 1 is 1.03 bits per heavy atom. The number of H-pyrrole nitrogens is 2. The smallest absolute Gasteiger partial charge is 0.410 e. The second-order valence-corrected chi connectivity index (χ2v) is 11.1. The van der Waals surface area contributed by atoms with Crippen molar-refractivity contribution in [2.45, 2.75) is 58.1 Å². The molecule has 0 spiro atoms. The van der Waals surface area contributed by atoms with Crippen LogP contribution in [-0.2, 0) is 9.53 Å². The SMILES string of the molecule is CC(C)(C)OC(=O)N1CCCC1c1n[nH]c(-c2ccc3[nH]nc(-c4cccc(NC(=O)C5CC5)c4)c3c2)n1. The number of hydrogen-bond donors (Lipinski definition) is 3. The molecule has 2 amide bonds. The molecule has 1 aliphatic heterocycles. The van der Waals surface area contributed by atoms with Crippen LogP contribution in [0.25, 0.3) is 33.5 Å². The molecule has 196 valence electrons. The number of carbonyl (C=O) groups excluding carboxylic acids is 2. The third-order valence-corrected chi connectivity index (χ3v) is 6.87. The maximum Gasteiger partial charge on any atom is 0.410 e. The van der Waals surface area contributed by atoms with E-state index in [0.717, 1.165) is 59.1 Å². The molecule has 2 aromatic carbocycles. The highest BCUT2D eigenvalue weighted by Crippen LogP contribution is 2.35. The molecule has 0 bridgehead atoms. The van der Waals surface area contributed by atoms with Crippen LogP contribution >= 0.6 is 0 Å². The first-order chi connectivity index (χ1) is 18.2. The summed E-state index contributed by atoms with van der Waals surface area (Å²) in [6.45, 7) is 6.21. The van der Waals surface area contributed by atoms with E-state index in [-0.39, 0.29) is 24.0 Å². The fraction of sp³-hybridized carbons (Fsp3) is 0.393. The zero-order valence-corrected chi connectivity index (χ0v) is 21.7. The molecule has 1 unspecified atom stereocenters. The minimum atomic E-state index is -0.561. The number of ether oxygens (including phenoxy) is 1. The van der Waals surface area contributed by atoms with Crippen molar-refractivity contribution in [3.8, 4) is 22.6 Å². The van der Waals surface area contributed by atoms with E-state index >= 15 is 0 Å². The highest BCUT2D eigenvalue weighted by atomic mass is 16.6. The van der Waals surface area contributed by atoms with E-state index in [1.54, 1.807) is 4.90 Å². The molecule has 2 aromatic heterocycles. The molecule has 3 N–H and O–H groups in total. The molecule has 1 saturated heterocycles. The number of likely N-dealkylation sites (tertiary alicyclic amines) is 1. The predicted octanol–water partition coefficient (Wildman–Crippen LogP) is 5.44. The van der Waals surface area contributed by atoms with E-state index in [1.165, 1.54) is 0 Å². The zero-order valence-electron chi connectivity index (χ0n) is 21.7. The zero-order chi connectivity index (χ0) is 26.4. The van der Waals surface area contributed by atoms with Gasteiger partial charge in [-0.2, -0.15) is 10.2 Å². The molecule has 38 heavy (non-hydrogen) atoms. The van der Waals surface area contributed by atoms with Crippen molar-refractivity contribution >= 4 is 28.6 Å². The van der Waals surface area contributed by atoms with E-state index < -0.39 is 5.60 Å². The van der Waals surface area contributed by atoms with E-state index in [9.17, 15) is 9.59 Å². The van der Waals surface area contributed by atoms with Crippen molar-refractivity contribution in [3.63, 3.8) is 0 Å². The first-order valence-corrected chi connectivity index (χ1v) is 13.1. The summed E-state index contributed by atoms with van der Waals surface area (Å²) in [5, 5.41) is 19.1. The van der Waals surface area contributed by atoms with Crippen molar-refractivity contribution in [2.75, 3.05) is 11.9 Å². The molecule has 2 aliphatic rings. The Morgan fingerprint density at radius 3 is 2.66 bits per heavy atom. The molecule has 1 aliphatic carbocycles. The summed E-state index contributed by atoms with van der Waals surface area (Å²) in [5.74, 6) is 1.41. The lowest BCUT2D eigenvalue weighted by Crippen LogP contribution is -2.36. The number of nitrogens with one attached hydrogen (secondary N) is 3. The Morgan fingerprint density at radius 2 is 1.87 bits per heavy atom. The monoisotopic (exact) mass is 513 g/mol. The van der Waals surface area contributed by atoms with Gasteiger partial charge in [0, 0.05) is 34.7 Å². The Hall–Kier alpha value is -4.21. The molecule has 10 heteroatoms. The van der Waals surface area contributed by atoms with Crippen LogP contribution in [0, 0.1) is 5.92 Å². The average Bonchev–Trinajstić information content (AvgIpc) is 3.26. The van der Waals surface area contributed by atoms with Crippen LogP contribution in [-0.4, -0.2) is 54.4 Å². The number of nitrogens with zero attached hydrogens (tertiary/aromatic N) is 4. The first-order valence-electron chi connectivity index (χ1n) is 13.1. The molecule has 0 radical (unpaired) electrons. The average molecular weight is 514 g/mol. The third kappa shape index (κ3) is 4.85. The number of benzene rings is 2. The number of hydrogen-bond acceptors (Lipinski definition) is 6. The minimum absolute atomic E-state index is 0.0740. The van der Waals surface area contributed by atoms with Crippen LogP contribution in [0.15, 0.2) is 42.5 Å². The van der Waals surface area contributed by atoms with Gasteiger partial charge in [-0.25, -0.2) is 9.78 Å². The van der Waals surface area contributed by atoms with Crippen LogP contribution < -0.4 is 5.32 Å². The number of rotatable bonds is 5. The highest BCUT2D eigenvalue weighted by Gasteiger charge is 2.35. The number of anilines is 1. The molecule has 4 aromatic rings. The summed E-state index contributed by atoms with van der Waals surface area (Å²) in [6, 6.07) is 13.5. The van der Waals surface area contributed by atoms with Gasteiger partial charge in [0.05, 0.1) is 17.3 Å². The minimum Gasteiger partial charge on any atom is -0.444 e. The van der Waals surface area contributed by atoms with Crippen molar-refractivity contribution in [1.82, 2.24) is 30.3 Å². The summed E-state index contributed by atoms with van der Waals surface area (Å²) in [6.07, 6.45) is 3.24. The summed E-state index contributed by atoms with van der Waals surface area (Å²) < 4.78 is 5.59. The normalized spacial score (nSPS) is 17.7. The van der Waals surface area contributed by atoms with Gasteiger partial charge in [0.15, 0.2) is 11.6 Å². The van der Waals surface area contributed by atoms with Gasteiger partial charge in [-0.15, -0.1) is 0 Å². The number of carbonyl (C=O) groups is 2. The lowest BCUT2D eigenvalue weighted by atomic mass is 10.0. The highest BCUT2D eigenvalue weighted by molar-refractivity contribution is 5.97. The summed E-state index contributed by atoms with van der Waals surface area (Å²) in [7, 11) is 0. The maximum absolute atomic E-state index is 12.7. The summed E-state index contributed by atoms with van der Waals surface area (Å²) >= 11 is 0. The van der Waals surface area contributed by atoms with Crippen LogP contribution in [0.3, 0.4) is 0 Å². The van der Waals surface area contributed by atoms with E-state index in [4.69, 9.17) is 9.72 Å². The Bertz CT molecular complexity index is 1510. The molecule has 3 heterocycles. The van der Waals surface area contributed by atoms with Crippen molar-refractivity contribution < 1.29 is 14.3 Å². The van der Waals surface area contributed by atoms with Gasteiger partial charge in [0.2, 0.25) is 5.91 Å². The lowest BCUT2D eigenvalue weighted by molar-refractivity contribution is -0.117. The van der Waals surface area contributed by atoms with Crippen LogP contribution in [0.4, 0.5) is 10.5 Å². The predicted molar refractivity (Wildman–Crippen MR) is 143 cm³/mol. The Labute approximate surface area is 220 Å². The van der Waals surface area contributed by atoms with Crippen LogP contribution in [0.2, 0.25) is 0 Å². The van der Waals surface area contributed by atoms with E-state index in [1.807, 2.05) is 63.2 Å². The lowest BCUT2D eigenvalue weighted by Gasteiger charge is -2.27. The Kier molecular flexibility index (Phi) is 5.89. The number of aromatic nitrogens is 5. The number of fused-ring (bicyclic) bond motifs is 1. The van der Waals surface area contributed by atoms with Gasteiger partial charge in [-0.05, 0) is 76.8 Å². The second-order valence-electron chi connectivity index (χ2n) is 11.1. The van der Waals surface area contributed by atoms with E-state index in [2.05, 4.69) is 25.7 Å². The van der Waals surface area contributed by atoms with Gasteiger partial charge < -0.3 is 10.1 Å². The Balaban J connectivity index is 1.26. The molecular weight excluding hydrogens is 482 g/mol. The maximum atomic E-state index is 12.7. The molecule has 10 nitrogen and oxygen atoms in total. The number of amides is 2. The third-order valence-electron chi connectivity index (χ3n) is 6.87. The molecule has 6 rings (SSSR count). The van der Waals surface area contributed by atoms with Crippen molar-refractivity contribution in [2.24, 2.45) is 5.92 Å². The van der Waals surface area contributed by atoms with Gasteiger partial charge >= 0.3 is 6.09 Å². The quantitative estimate of drug-likeness (QED) is 0.326.